The number of nitrogens with zero attached hydrogens (tertiary/aromatic N) is 1. The quantitative estimate of drug-likeness (QED) is 0.566. The highest BCUT2D eigenvalue weighted by Crippen LogP contribution is 1.99. The van der Waals surface area contributed by atoms with Crippen LogP contribution in [0, 0.1) is 0 Å². The average molecular weight is 173 g/mol. The van der Waals surface area contributed by atoms with Crippen molar-refractivity contribution in [1.29, 1.82) is 0 Å². The van der Waals surface area contributed by atoms with Crippen molar-refractivity contribution in [3.05, 3.63) is 0 Å². The molecule has 0 atom stereocenters. The predicted octanol–water partition coefficient (Wildman–Crippen LogP) is 1.60. The summed E-state index contributed by atoms with van der Waals surface area (Å²) in [6, 6.07) is 0. The van der Waals surface area contributed by atoms with E-state index in [2.05, 4.69) is 32.8 Å². The molecule has 0 heterocycles. The molecule has 0 saturated carbocycles. The van der Waals surface area contributed by atoms with E-state index in [1.165, 1.54) is 10.6 Å². The second-order valence-electron chi connectivity index (χ2n) is 3.11. The Kier molecular flexibility index (Phi) is 7.41. The van der Waals surface area contributed by atoms with E-state index in [4.69, 9.17) is 3.79 Å². The molecule has 0 spiro atoms. The van der Waals surface area contributed by atoms with Crippen molar-refractivity contribution in [2.24, 2.45) is 0 Å². The standard InChI is InChI=1S/C4H10NO.2C2H5.Al/c1-5(2)3-4-6;2*1-2;/h3-4H2,1-2H3;2*1H2,2H3;/q-1;;;+1. The van der Waals surface area contributed by atoms with Crippen molar-refractivity contribution in [2.75, 3.05) is 27.2 Å². The maximum atomic E-state index is 5.75. The normalized spacial score (nSPS) is 10.6. The molecule has 0 aliphatic rings. The first-order valence-corrected chi connectivity index (χ1v) is 6.57. The van der Waals surface area contributed by atoms with Crippen LogP contribution in [0.25, 0.3) is 0 Å². The lowest BCUT2D eigenvalue weighted by Crippen LogP contribution is -2.23. The molecule has 0 fully saturated rings. The first kappa shape index (κ1) is 11.5. The smallest absolute Gasteiger partial charge is 0.460 e. The Hall–Kier alpha value is 0.452. The summed E-state index contributed by atoms with van der Waals surface area (Å²) < 4.78 is 5.75. The maximum Gasteiger partial charge on any atom is 0.460 e. The molecule has 11 heavy (non-hydrogen) atoms. The number of hydrogen-bond donors (Lipinski definition) is 0. The second-order valence-corrected chi connectivity index (χ2v) is 6.32. The second kappa shape index (κ2) is 7.12. The summed E-state index contributed by atoms with van der Waals surface area (Å²) in [5, 5.41) is 2.54. The zero-order valence-electron chi connectivity index (χ0n) is 8.26. The van der Waals surface area contributed by atoms with Gasteiger partial charge >= 0.3 is 14.5 Å². The molecule has 0 aliphatic carbocycles. The largest absolute Gasteiger partial charge is 0.500 e. The van der Waals surface area contributed by atoms with Gasteiger partial charge in [0, 0.05) is 13.2 Å². The zero-order chi connectivity index (χ0) is 8.69. The molecule has 0 radical (unpaired) electrons. The highest BCUT2D eigenvalue weighted by atomic mass is 27.2. The van der Waals surface area contributed by atoms with Crippen LogP contribution < -0.4 is 0 Å². The van der Waals surface area contributed by atoms with E-state index < -0.39 is 14.5 Å². The number of rotatable bonds is 6. The monoisotopic (exact) mass is 173 g/mol. The third kappa shape index (κ3) is 6.84. The highest BCUT2D eigenvalue weighted by Gasteiger charge is 2.13. The summed E-state index contributed by atoms with van der Waals surface area (Å²) in [6.07, 6.45) is 0. The van der Waals surface area contributed by atoms with Crippen molar-refractivity contribution < 1.29 is 3.79 Å². The molecule has 0 aliphatic heterocycles. The third-order valence-electron chi connectivity index (χ3n) is 1.80. The minimum absolute atomic E-state index is 0.778. The summed E-state index contributed by atoms with van der Waals surface area (Å²) in [4.78, 5) is 2.16. The van der Waals surface area contributed by atoms with E-state index >= 15 is 0 Å². The van der Waals surface area contributed by atoms with E-state index in [9.17, 15) is 0 Å². The van der Waals surface area contributed by atoms with Gasteiger partial charge in [0.1, 0.15) is 0 Å². The van der Waals surface area contributed by atoms with Crippen LogP contribution in [0.2, 0.25) is 10.6 Å². The van der Waals surface area contributed by atoms with Gasteiger partial charge in [-0.2, -0.15) is 0 Å². The summed E-state index contributed by atoms with van der Waals surface area (Å²) in [6.45, 7) is 6.45. The Bertz CT molecular complexity index is 84.2. The first-order valence-electron chi connectivity index (χ1n) is 4.47. The van der Waals surface area contributed by atoms with E-state index in [1.807, 2.05) is 0 Å². The van der Waals surface area contributed by atoms with Gasteiger partial charge in [-0.1, -0.05) is 24.4 Å². The van der Waals surface area contributed by atoms with Crippen molar-refractivity contribution in [3.8, 4) is 0 Å². The third-order valence-corrected chi connectivity index (χ3v) is 4.33. The van der Waals surface area contributed by atoms with Gasteiger partial charge in [0.15, 0.2) is 0 Å². The molecule has 0 aromatic carbocycles. The first-order chi connectivity index (χ1) is 5.20. The van der Waals surface area contributed by atoms with Crippen molar-refractivity contribution in [3.63, 3.8) is 0 Å². The lowest BCUT2D eigenvalue weighted by molar-refractivity contribution is 0.261. The Balaban J connectivity index is 3.21. The van der Waals surface area contributed by atoms with Crippen LogP contribution in [0.1, 0.15) is 13.8 Å². The van der Waals surface area contributed by atoms with Gasteiger partial charge in [0.05, 0.1) is 0 Å². The van der Waals surface area contributed by atoms with Crippen LogP contribution in [0.3, 0.4) is 0 Å². The Morgan fingerprint density at radius 3 is 2.09 bits per heavy atom. The van der Waals surface area contributed by atoms with Gasteiger partial charge in [-0.15, -0.1) is 0 Å². The molecule has 0 aromatic rings. The lowest BCUT2D eigenvalue weighted by atomic mass is 10.6. The molecule has 66 valence electrons. The molecule has 0 saturated heterocycles. The van der Waals surface area contributed by atoms with E-state index in [1.54, 1.807) is 0 Å². The topological polar surface area (TPSA) is 12.5 Å². The van der Waals surface area contributed by atoms with Crippen molar-refractivity contribution in [1.82, 2.24) is 4.90 Å². The number of likely N-dealkylation sites (N-methyl/N-ethyl adjacent to an activating group) is 1. The van der Waals surface area contributed by atoms with Gasteiger partial charge in [-0.25, -0.2) is 0 Å². The molecule has 0 rings (SSSR count). The van der Waals surface area contributed by atoms with Gasteiger partial charge in [0.2, 0.25) is 0 Å². The van der Waals surface area contributed by atoms with Crippen molar-refractivity contribution in [2.45, 2.75) is 24.4 Å². The molecule has 3 heteroatoms. The molecular formula is C8H20AlNO. The molecule has 0 aromatic heterocycles. The van der Waals surface area contributed by atoms with Crippen LogP contribution >= 0.6 is 0 Å². The molecule has 2 nitrogen and oxygen atoms in total. The van der Waals surface area contributed by atoms with E-state index in [0.717, 1.165) is 13.2 Å². The number of hydrogen-bond acceptors (Lipinski definition) is 2. The lowest BCUT2D eigenvalue weighted by Gasteiger charge is -2.13. The van der Waals surface area contributed by atoms with Crippen LogP contribution in [0.4, 0.5) is 0 Å². The SMILES string of the molecule is C[CH2][Al]([CH2]C)[O]CCN(C)C. The van der Waals surface area contributed by atoms with Crippen LogP contribution in [-0.2, 0) is 3.79 Å². The maximum absolute atomic E-state index is 5.75. The summed E-state index contributed by atoms with van der Waals surface area (Å²) in [5.41, 5.74) is 0. The van der Waals surface area contributed by atoms with Gasteiger partial charge in [-0.05, 0) is 14.1 Å². The van der Waals surface area contributed by atoms with E-state index in [-0.39, 0.29) is 0 Å². The summed E-state index contributed by atoms with van der Waals surface area (Å²) in [7, 11) is 4.16. The molecule has 0 amide bonds. The fraction of sp³-hybridized carbons (Fsp3) is 1.00. The van der Waals surface area contributed by atoms with Crippen LogP contribution in [0.15, 0.2) is 0 Å². The Morgan fingerprint density at radius 1 is 1.18 bits per heavy atom. The molecule has 0 N–H and O–H groups in total. The fourth-order valence-corrected chi connectivity index (χ4v) is 2.41. The van der Waals surface area contributed by atoms with E-state index in [0.29, 0.717) is 0 Å². The molecular weight excluding hydrogens is 153 g/mol. The molecule has 0 bridgehead atoms. The minimum atomic E-state index is -0.778. The van der Waals surface area contributed by atoms with Gasteiger partial charge < -0.3 is 8.69 Å². The van der Waals surface area contributed by atoms with Gasteiger partial charge in [0.25, 0.3) is 0 Å². The fourth-order valence-electron chi connectivity index (χ4n) is 0.926. The van der Waals surface area contributed by atoms with Crippen LogP contribution in [-0.4, -0.2) is 46.6 Å². The summed E-state index contributed by atoms with van der Waals surface area (Å²) >= 11 is -0.778. The average Bonchev–Trinajstić information content (AvgIpc) is 1.98. The zero-order valence-corrected chi connectivity index (χ0v) is 9.42. The van der Waals surface area contributed by atoms with Crippen molar-refractivity contribution >= 4 is 14.5 Å². The Labute approximate surface area is 75.3 Å². The summed E-state index contributed by atoms with van der Waals surface area (Å²) in [5.74, 6) is 0. The van der Waals surface area contributed by atoms with Gasteiger partial charge in [-0.3, -0.25) is 0 Å². The highest BCUT2D eigenvalue weighted by molar-refractivity contribution is 6.51. The Morgan fingerprint density at radius 2 is 1.73 bits per heavy atom. The van der Waals surface area contributed by atoms with Crippen LogP contribution in [0.5, 0.6) is 0 Å². The molecule has 0 unspecified atom stereocenters. The predicted molar refractivity (Wildman–Crippen MR) is 51.2 cm³/mol. The minimum Gasteiger partial charge on any atom is -0.500 e.